The second-order valence-corrected chi connectivity index (χ2v) is 7.70. The first kappa shape index (κ1) is 14.6. The molecule has 0 bridgehead atoms. The number of nitrogens with zero attached hydrogens (tertiary/aromatic N) is 2. The van der Waals surface area contributed by atoms with Crippen LogP contribution in [0.2, 0.25) is 0 Å². The number of aryl methyl sites for hydroxylation is 2. The summed E-state index contributed by atoms with van der Waals surface area (Å²) >= 11 is 2.86. The molecule has 0 fully saturated rings. The van der Waals surface area contributed by atoms with Crippen LogP contribution in [0.3, 0.4) is 0 Å². The van der Waals surface area contributed by atoms with Crippen LogP contribution in [-0.4, -0.2) is 20.7 Å². The molecule has 1 aliphatic rings. The third-order valence-electron chi connectivity index (χ3n) is 3.84. The van der Waals surface area contributed by atoms with Crippen LogP contribution in [-0.2, 0) is 24.7 Å². The van der Waals surface area contributed by atoms with Gasteiger partial charge in [0, 0.05) is 11.9 Å². The van der Waals surface area contributed by atoms with E-state index in [1.807, 2.05) is 0 Å². The molecule has 2 aromatic heterocycles. The summed E-state index contributed by atoms with van der Waals surface area (Å²) in [5.41, 5.74) is 6.47. The van der Waals surface area contributed by atoms with Crippen molar-refractivity contribution in [1.29, 1.82) is 0 Å². The molecule has 7 heteroatoms. The van der Waals surface area contributed by atoms with Crippen LogP contribution in [0.5, 0.6) is 0 Å². The van der Waals surface area contributed by atoms with Crippen LogP contribution in [0, 0.1) is 0 Å². The summed E-state index contributed by atoms with van der Waals surface area (Å²) in [5.74, 6) is -0.403. The molecule has 1 aliphatic carbocycles. The first-order valence-corrected chi connectivity index (χ1v) is 8.66. The first-order chi connectivity index (χ1) is 9.99. The molecule has 0 unspecified atom stereocenters. The lowest BCUT2D eigenvalue weighted by molar-refractivity contribution is -0.117. The Balaban J connectivity index is 2.15. The van der Waals surface area contributed by atoms with Gasteiger partial charge in [-0.15, -0.1) is 11.3 Å². The van der Waals surface area contributed by atoms with E-state index in [0.717, 1.165) is 29.5 Å². The van der Waals surface area contributed by atoms with E-state index in [2.05, 4.69) is 4.98 Å². The fraction of sp³-hybridized carbons (Fsp3) is 0.500. The quantitative estimate of drug-likeness (QED) is 0.690. The van der Waals surface area contributed by atoms with Crippen LogP contribution < -0.4 is 11.3 Å². The molecule has 5 nitrogen and oxygen atoms in total. The van der Waals surface area contributed by atoms with Crippen molar-refractivity contribution >= 4 is 39.2 Å². The molecule has 0 aromatic carbocycles. The zero-order valence-electron chi connectivity index (χ0n) is 12.0. The second-order valence-electron chi connectivity index (χ2n) is 5.31. The molecule has 3 rings (SSSR count). The summed E-state index contributed by atoms with van der Waals surface area (Å²) in [5, 5.41) is 0.917. The number of rotatable bonds is 3. The third-order valence-corrected chi connectivity index (χ3v) is 6.19. The van der Waals surface area contributed by atoms with Crippen LogP contribution in [0.1, 0.15) is 30.2 Å². The standard InChI is InChI=1S/C14H17N3O2S2/c1-7(11(15)18)20-14-16-12-10(13(19)17(14)2)8-5-3-4-6-9(8)21-12/h7H,3-6H2,1-2H3,(H2,15,18)/t7-/m0/s1. The summed E-state index contributed by atoms with van der Waals surface area (Å²) in [7, 11) is 1.71. The highest BCUT2D eigenvalue weighted by Gasteiger charge is 2.22. The van der Waals surface area contributed by atoms with Gasteiger partial charge in [0.2, 0.25) is 5.91 Å². The molecule has 0 radical (unpaired) electrons. The smallest absolute Gasteiger partial charge is 0.262 e. The van der Waals surface area contributed by atoms with Gasteiger partial charge >= 0.3 is 0 Å². The molecular formula is C14H17N3O2S2. The van der Waals surface area contributed by atoms with Gasteiger partial charge in [-0.25, -0.2) is 4.98 Å². The minimum Gasteiger partial charge on any atom is -0.369 e. The SMILES string of the molecule is C[C@H](Sc1nc2sc3c(c2c(=O)n1C)CCCC3)C(N)=O. The summed E-state index contributed by atoms with van der Waals surface area (Å²) in [6.45, 7) is 1.72. The summed E-state index contributed by atoms with van der Waals surface area (Å²) in [6, 6.07) is 0. The Hall–Kier alpha value is -1.34. The number of primary amides is 1. The predicted molar refractivity (Wildman–Crippen MR) is 86.0 cm³/mol. The number of carbonyl (C=O) groups is 1. The molecule has 112 valence electrons. The predicted octanol–water partition coefficient (Wildman–Crippen LogP) is 1.84. The molecule has 21 heavy (non-hydrogen) atoms. The van der Waals surface area contributed by atoms with Crippen molar-refractivity contribution < 1.29 is 4.79 Å². The lowest BCUT2D eigenvalue weighted by atomic mass is 9.97. The highest BCUT2D eigenvalue weighted by molar-refractivity contribution is 8.00. The topological polar surface area (TPSA) is 78.0 Å². The van der Waals surface area contributed by atoms with E-state index < -0.39 is 11.2 Å². The van der Waals surface area contributed by atoms with Gasteiger partial charge in [-0.3, -0.25) is 14.2 Å². The maximum atomic E-state index is 12.6. The van der Waals surface area contributed by atoms with Gasteiger partial charge in [-0.05, 0) is 38.2 Å². The maximum absolute atomic E-state index is 12.6. The summed E-state index contributed by atoms with van der Waals surface area (Å²) in [4.78, 5) is 30.5. The Bertz CT molecular complexity index is 779. The fourth-order valence-corrected chi connectivity index (χ4v) is 4.72. The molecule has 2 N–H and O–H groups in total. The van der Waals surface area contributed by atoms with Crippen LogP contribution in [0.4, 0.5) is 0 Å². The van der Waals surface area contributed by atoms with Gasteiger partial charge in [-0.1, -0.05) is 11.8 Å². The monoisotopic (exact) mass is 323 g/mol. The Labute approximate surface area is 130 Å². The van der Waals surface area contributed by atoms with E-state index in [1.54, 1.807) is 25.3 Å². The molecule has 0 aliphatic heterocycles. The number of carbonyl (C=O) groups excluding carboxylic acids is 1. The molecule has 2 heterocycles. The van der Waals surface area contributed by atoms with Crippen molar-refractivity contribution in [3.05, 3.63) is 20.8 Å². The Morgan fingerprint density at radius 1 is 1.43 bits per heavy atom. The second kappa shape index (κ2) is 5.46. The molecular weight excluding hydrogens is 306 g/mol. The minimum absolute atomic E-state index is 0.0152. The third kappa shape index (κ3) is 2.48. The normalized spacial score (nSPS) is 15.9. The van der Waals surface area contributed by atoms with Crippen molar-refractivity contribution in [3.8, 4) is 0 Å². The fourth-order valence-electron chi connectivity index (χ4n) is 2.59. The number of hydrogen-bond acceptors (Lipinski definition) is 5. The number of hydrogen-bond donors (Lipinski definition) is 1. The lowest BCUT2D eigenvalue weighted by Gasteiger charge is -2.11. The highest BCUT2D eigenvalue weighted by atomic mass is 32.2. The zero-order valence-corrected chi connectivity index (χ0v) is 13.6. The van der Waals surface area contributed by atoms with Gasteiger partial charge < -0.3 is 5.73 Å². The Morgan fingerprint density at radius 3 is 2.86 bits per heavy atom. The van der Waals surface area contributed by atoms with Crippen LogP contribution >= 0.6 is 23.1 Å². The van der Waals surface area contributed by atoms with Gasteiger partial charge in [-0.2, -0.15) is 0 Å². The van der Waals surface area contributed by atoms with Gasteiger partial charge in [0.15, 0.2) is 5.16 Å². The van der Waals surface area contributed by atoms with Gasteiger partial charge in [0.1, 0.15) is 4.83 Å². The molecule has 1 amide bonds. The van der Waals surface area contributed by atoms with E-state index >= 15 is 0 Å². The number of thiophene rings is 1. The lowest BCUT2D eigenvalue weighted by Crippen LogP contribution is -2.25. The summed E-state index contributed by atoms with van der Waals surface area (Å²) in [6.07, 6.45) is 4.33. The van der Waals surface area contributed by atoms with E-state index in [0.29, 0.717) is 5.16 Å². The Morgan fingerprint density at radius 2 is 2.14 bits per heavy atom. The number of amides is 1. The number of fused-ring (bicyclic) bond motifs is 3. The number of nitrogens with two attached hydrogens (primary N) is 1. The van der Waals surface area contributed by atoms with E-state index in [-0.39, 0.29) is 5.56 Å². The number of thioether (sulfide) groups is 1. The van der Waals surface area contributed by atoms with E-state index in [9.17, 15) is 9.59 Å². The first-order valence-electron chi connectivity index (χ1n) is 6.96. The molecule has 0 spiro atoms. The van der Waals surface area contributed by atoms with Gasteiger partial charge in [0.25, 0.3) is 5.56 Å². The van der Waals surface area contributed by atoms with Crippen molar-refractivity contribution in [2.75, 3.05) is 0 Å². The average molecular weight is 323 g/mol. The summed E-state index contributed by atoms with van der Waals surface area (Å²) < 4.78 is 1.54. The average Bonchev–Trinajstić information content (AvgIpc) is 2.82. The van der Waals surface area contributed by atoms with E-state index in [1.165, 1.54) is 33.2 Å². The number of aromatic nitrogens is 2. The van der Waals surface area contributed by atoms with Crippen molar-refractivity contribution in [2.24, 2.45) is 12.8 Å². The highest BCUT2D eigenvalue weighted by Crippen LogP contribution is 2.34. The van der Waals surface area contributed by atoms with Crippen LogP contribution in [0.15, 0.2) is 9.95 Å². The van der Waals surface area contributed by atoms with Crippen molar-refractivity contribution in [3.63, 3.8) is 0 Å². The molecule has 0 saturated carbocycles. The van der Waals surface area contributed by atoms with Crippen molar-refractivity contribution in [1.82, 2.24) is 9.55 Å². The molecule has 1 atom stereocenters. The largest absolute Gasteiger partial charge is 0.369 e. The maximum Gasteiger partial charge on any atom is 0.262 e. The minimum atomic E-state index is -0.407. The van der Waals surface area contributed by atoms with E-state index in [4.69, 9.17) is 5.73 Å². The van der Waals surface area contributed by atoms with Crippen molar-refractivity contribution in [2.45, 2.75) is 43.0 Å². The molecule has 0 saturated heterocycles. The van der Waals surface area contributed by atoms with Crippen LogP contribution in [0.25, 0.3) is 10.2 Å². The van der Waals surface area contributed by atoms with Gasteiger partial charge in [0.05, 0.1) is 10.6 Å². The molecule has 2 aromatic rings. The Kier molecular flexibility index (Phi) is 3.79. The zero-order chi connectivity index (χ0) is 15.1.